The van der Waals surface area contributed by atoms with Crippen LogP contribution in [0.5, 0.6) is 0 Å². The highest BCUT2D eigenvalue weighted by Crippen LogP contribution is 2.29. The number of benzene rings is 1. The zero-order valence-electron chi connectivity index (χ0n) is 9.66. The number of aromatic nitrogens is 1. The zero-order valence-corrected chi connectivity index (χ0v) is 10.5. The summed E-state index contributed by atoms with van der Waals surface area (Å²) in [7, 11) is 0. The highest BCUT2D eigenvalue weighted by molar-refractivity contribution is 7.12. The van der Waals surface area contributed by atoms with Gasteiger partial charge in [0.15, 0.2) is 0 Å². The lowest BCUT2D eigenvalue weighted by atomic mass is 10.1. The molecule has 0 radical (unpaired) electrons. The van der Waals surface area contributed by atoms with Crippen LogP contribution in [0.4, 0.5) is 0 Å². The third-order valence-corrected chi connectivity index (χ3v) is 3.63. The van der Waals surface area contributed by atoms with Crippen LogP contribution in [0, 0.1) is 13.8 Å². The van der Waals surface area contributed by atoms with Crippen LogP contribution in [0.1, 0.15) is 15.4 Å². The fourth-order valence-corrected chi connectivity index (χ4v) is 2.73. The first-order valence-electron chi connectivity index (χ1n) is 5.44. The van der Waals surface area contributed by atoms with Gasteiger partial charge in [-0.3, -0.25) is 0 Å². The van der Waals surface area contributed by atoms with Crippen molar-refractivity contribution in [2.75, 3.05) is 6.54 Å². The first kappa shape index (κ1) is 11.3. The van der Waals surface area contributed by atoms with Gasteiger partial charge in [-0.15, -0.1) is 11.3 Å². The summed E-state index contributed by atoms with van der Waals surface area (Å²) in [6, 6.07) is 8.37. The fraction of sp³-hybridized carbons (Fsp3) is 0.308. The first-order chi connectivity index (χ1) is 7.72. The molecule has 1 aromatic heterocycles. The standard InChI is InChI=1S/C13H16N2S/c1-9-5-3-4-6-11(9)13-10(2)16-12(15-13)7-8-14/h3-6H,7-8,14H2,1-2H3. The van der Waals surface area contributed by atoms with Gasteiger partial charge in [-0.05, 0) is 26.0 Å². The SMILES string of the molecule is Cc1ccccc1-c1nc(CCN)sc1C. The molecule has 1 heterocycles. The summed E-state index contributed by atoms with van der Waals surface area (Å²) in [5.74, 6) is 0. The quantitative estimate of drug-likeness (QED) is 0.883. The van der Waals surface area contributed by atoms with E-state index in [-0.39, 0.29) is 0 Å². The van der Waals surface area contributed by atoms with E-state index in [0.717, 1.165) is 17.1 Å². The van der Waals surface area contributed by atoms with Crippen LogP contribution in [0.15, 0.2) is 24.3 Å². The maximum Gasteiger partial charge on any atom is 0.0947 e. The molecule has 2 nitrogen and oxygen atoms in total. The van der Waals surface area contributed by atoms with Crippen molar-refractivity contribution in [3.05, 3.63) is 39.7 Å². The van der Waals surface area contributed by atoms with Gasteiger partial charge in [0.05, 0.1) is 10.7 Å². The lowest BCUT2D eigenvalue weighted by Crippen LogP contribution is -2.02. The van der Waals surface area contributed by atoms with Crippen LogP contribution in [0.2, 0.25) is 0 Å². The molecular formula is C13H16N2S. The number of rotatable bonds is 3. The molecule has 0 aliphatic rings. The summed E-state index contributed by atoms with van der Waals surface area (Å²) in [5.41, 5.74) is 9.18. The highest BCUT2D eigenvalue weighted by Gasteiger charge is 2.10. The van der Waals surface area contributed by atoms with Crippen LogP contribution in [0.3, 0.4) is 0 Å². The Morgan fingerprint density at radius 2 is 2.00 bits per heavy atom. The van der Waals surface area contributed by atoms with E-state index in [1.165, 1.54) is 16.0 Å². The molecular weight excluding hydrogens is 216 g/mol. The molecule has 0 fully saturated rings. The Balaban J connectivity index is 2.44. The molecule has 1 aromatic carbocycles. The van der Waals surface area contributed by atoms with E-state index in [1.807, 2.05) is 0 Å². The first-order valence-corrected chi connectivity index (χ1v) is 6.26. The number of nitrogens with two attached hydrogens (primary N) is 1. The van der Waals surface area contributed by atoms with Gasteiger partial charge >= 0.3 is 0 Å². The van der Waals surface area contributed by atoms with Gasteiger partial charge < -0.3 is 5.73 Å². The van der Waals surface area contributed by atoms with Crippen LogP contribution in [-0.2, 0) is 6.42 Å². The third-order valence-electron chi connectivity index (χ3n) is 2.60. The van der Waals surface area contributed by atoms with Gasteiger partial charge in [0.1, 0.15) is 0 Å². The Labute approximate surface area is 100 Å². The molecule has 84 valence electrons. The Bertz CT molecular complexity index is 488. The third kappa shape index (κ3) is 2.15. The summed E-state index contributed by atoms with van der Waals surface area (Å²) in [6.45, 7) is 4.91. The molecule has 0 saturated carbocycles. The van der Waals surface area contributed by atoms with Crippen LogP contribution in [0.25, 0.3) is 11.3 Å². The van der Waals surface area contributed by atoms with Gasteiger partial charge in [0, 0.05) is 16.9 Å². The zero-order chi connectivity index (χ0) is 11.5. The second-order valence-electron chi connectivity index (χ2n) is 3.87. The predicted molar refractivity (Wildman–Crippen MR) is 69.8 cm³/mol. The Morgan fingerprint density at radius 1 is 1.25 bits per heavy atom. The number of aryl methyl sites for hydroxylation is 2. The average molecular weight is 232 g/mol. The van der Waals surface area contributed by atoms with E-state index in [9.17, 15) is 0 Å². The molecule has 0 aliphatic carbocycles. The minimum absolute atomic E-state index is 0.667. The molecule has 0 amide bonds. The summed E-state index contributed by atoms with van der Waals surface area (Å²) >= 11 is 1.75. The second-order valence-corrected chi connectivity index (χ2v) is 5.15. The molecule has 0 aliphatic heterocycles. The Hall–Kier alpha value is -1.19. The van der Waals surface area contributed by atoms with Crippen molar-refractivity contribution in [1.29, 1.82) is 0 Å². The molecule has 2 aromatic rings. The van der Waals surface area contributed by atoms with Crippen LogP contribution < -0.4 is 5.73 Å². The normalized spacial score (nSPS) is 10.7. The van der Waals surface area contributed by atoms with Crippen molar-refractivity contribution in [2.24, 2.45) is 5.73 Å². The maximum atomic E-state index is 5.56. The smallest absolute Gasteiger partial charge is 0.0947 e. The van der Waals surface area contributed by atoms with Crippen molar-refractivity contribution in [1.82, 2.24) is 4.98 Å². The Kier molecular flexibility index (Phi) is 3.36. The van der Waals surface area contributed by atoms with Crippen LogP contribution in [-0.4, -0.2) is 11.5 Å². The van der Waals surface area contributed by atoms with Crippen molar-refractivity contribution < 1.29 is 0 Å². The molecule has 0 bridgehead atoms. The molecule has 16 heavy (non-hydrogen) atoms. The largest absolute Gasteiger partial charge is 0.330 e. The summed E-state index contributed by atoms with van der Waals surface area (Å²) in [4.78, 5) is 5.94. The van der Waals surface area contributed by atoms with Gasteiger partial charge in [0.2, 0.25) is 0 Å². The Morgan fingerprint density at radius 3 is 2.69 bits per heavy atom. The lowest BCUT2D eigenvalue weighted by Gasteiger charge is -2.02. The monoisotopic (exact) mass is 232 g/mol. The predicted octanol–water partition coefficient (Wildman–Crippen LogP) is 2.93. The van der Waals surface area contributed by atoms with E-state index in [0.29, 0.717) is 6.54 Å². The van der Waals surface area contributed by atoms with Gasteiger partial charge in [0.25, 0.3) is 0 Å². The van der Waals surface area contributed by atoms with E-state index in [4.69, 9.17) is 5.73 Å². The second kappa shape index (κ2) is 4.76. The topological polar surface area (TPSA) is 38.9 Å². The van der Waals surface area contributed by atoms with Crippen LogP contribution >= 0.6 is 11.3 Å². The molecule has 2 N–H and O–H groups in total. The fourth-order valence-electron chi connectivity index (χ4n) is 1.77. The minimum Gasteiger partial charge on any atom is -0.330 e. The number of nitrogens with zero attached hydrogens (tertiary/aromatic N) is 1. The summed E-state index contributed by atoms with van der Waals surface area (Å²) in [5, 5.41) is 1.14. The number of hydrogen-bond acceptors (Lipinski definition) is 3. The van der Waals surface area contributed by atoms with Crippen molar-refractivity contribution >= 4 is 11.3 Å². The van der Waals surface area contributed by atoms with E-state index < -0.39 is 0 Å². The molecule has 0 unspecified atom stereocenters. The average Bonchev–Trinajstić information content (AvgIpc) is 2.61. The molecule has 0 saturated heterocycles. The molecule has 0 atom stereocenters. The molecule has 2 rings (SSSR count). The van der Waals surface area contributed by atoms with E-state index in [1.54, 1.807) is 11.3 Å². The number of hydrogen-bond donors (Lipinski definition) is 1. The van der Waals surface area contributed by atoms with Gasteiger partial charge in [-0.1, -0.05) is 24.3 Å². The van der Waals surface area contributed by atoms with Crippen molar-refractivity contribution in [3.8, 4) is 11.3 Å². The summed E-state index contributed by atoms with van der Waals surface area (Å²) in [6.07, 6.45) is 0.872. The molecule has 3 heteroatoms. The van der Waals surface area contributed by atoms with Crippen molar-refractivity contribution in [2.45, 2.75) is 20.3 Å². The lowest BCUT2D eigenvalue weighted by molar-refractivity contribution is 0.954. The van der Waals surface area contributed by atoms with E-state index in [2.05, 4.69) is 43.1 Å². The van der Waals surface area contributed by atoms with E-state index >= 15 is 0 Å². The maximum absolute atomic E-state index is 5.56. The van der Waals surface area contributed by atoms with Gasteiger partial charge in [-0.2, -0.15) is 0 Å². The highest BCUT2D eigenvalue weighted by atomic mass is 32.1. The summed E-state index contributed by atoms with van der Waals surface area (Å²) < 4.78 is 0. The minimum atomic E-state index is 0.667. The number of thiazole rings is 1. The van der Waals surface area contributed by atoms with Crippen molar-refractivity contribution in [3.63, 3.8) is 0 Å². The molecule has 0 spiro atoms. The van der Waals surface area contributed by atoms with Gasteiger partial charge in [-0.25, -0.2) is 4.98 Å².